The van der Waals surface area contributed by atoms with Gasteiger partial charge in [-0.1, -0.05) is 54.6 Å². The van der Waals surface area contributed by atoms with Crippen LogP contribution in [-0.4, -0.2) is 22.4 Å². The largest absolute Gasteiger partial charge is 0.337 e. The molecule has 1 aliphatic carbocycles. The number of aromatic nitrogens is 2. The normalized spacial score (nSPS) is 14.5. The van der Waals surface area contributed by atoms with Crippen molar-refractivity contribution in [2.24, 2.45) is 0 Å². The van der Waals surface area contributed by atoms with Gasteiger partial charge in [0.1, 0.15) is 0 Å². The molecule has 5 nitrogen and oxygen atoms in total. The summed E-state index contributed by atoms with van der Waals surface area (Å²) in [5.74, 6) is 0. The fraction of sp³-hybridized carbons (Fsp3) is 0.273. The highest BCUT2D eigenvalue weighted by molar-refractivity contribution is 5.74. The Bertz CT molecular complexity index is 886. The van der Waals surface area contributed by atoms with Crippen LogP contribution < -0.4 is 10.6 Å². The van der Waals surface area contributed by atoms with Crippen molar-refractivity contribution in [2.45, 2.75) is 31.3 Å². The van der Waals surface area contributed by atoms with E-state index in [1.807, 2.05) is 35.1 Å². The molecule has 27 heavy (non-hydrogen) atoms. The van der Waals surface area contributed by atoms with Crippen LogP contribution in [0.2, 0.25) is 0 Å². The van der Waals surface area contributed by atoms with Gasteiger partial charge >= 0.3 is 6.03 Å². The van der Waals surface area contributed by atoms with Crippen molar-refractivity contribution in [3.8, 4) is 0 Å². The topological polar surface area (TPSA) is 59.0 Å². The number of nitrogens with zero attached hydrogens (tertiary/aromatic N) is 2. The fourth-order valence-corrected chi connectivity index (χ4v) is 3.42. The zero-order valence-corrected chi connectivity index (χ0v) is 15.3. The average molecular weight is 360 g/mol. The summed E-state index contributed by atoms with van der Waals surface area (Å²) < 4.78 is 1.89. The number of nitrogens with one attached hydrogen (secondary N) is 2. The van der Waals surface area contributed by atoms with Crippen LogP contribution in [0.1, 0.15) is 29.5 Å². The van der Waals surface area contributed by atoms with Gasteiger partial charge in [-0.05, 0) is 35.6 Å². The maximum atomic E-state index is 12.2. The van der Waals surface area contributed by atoms with Crippen LogP contribution in [0.15, 0.2) is 73.1 Å². The van der Waals surface area contributed by atoms with Gasteiger partial charge in [0.2, 0.25) is 0 Å². The number of rotatable bonds is 7. The second kappa shape index (κ2) is 7.66. The summed E-state index contributed by atoms with van der Waals surface area (Å²) in [6.45, 7) is 1.92. The first-order valence-electron chi connectivity index (χ1n) is 9.36. The summed E-state index contributed by atoms with van der Waals surface area (Å²) in [6.07, 6.45) is 5.98. The van der Waals surface area contributed by atoms with Crippen molar-refractivity contribution < 1.29 is 4.79 Å². The van der Waals surface area contributed by atoms with E-state index in [9.17, 15) is 4.79 Å². The van der Waals surface area contributed by atoms with Crippen molar-refractivity contribution in [3.05, 3.63) is 89.7 Å². The predicted octanol–water partition coefficient (Wildman–Crippen LogP) is 3.46. The first kappa shape index (κ1) is 17.3. The minimum atomic E-state index is -0.116. The molecule has 4 rings (SSSR count). The number of carbonyl (C=O) groups excluding carboxylic acids is 1. The lowest BCUT2D eigenvalue weighted by Crippen LogP contribution is -2.39. The molecule has 2 N–H and O–H groups in total. The van der Waals surface area contributed by atoms with E-state index in [1.165, 1.54) is 11.1 Å². The van der Waals surface area contributed by atoms with Crippen molar-refractivity contribution in [1.29, 1.82) is 0 Å². The third-order valence-electron chi connectivity index (χ3n) is 5.18. The van der Waals surface area contributed by atoms with Crippen molar-refractivity contribution in [3.63, 3.8) is 0 Å². The number of benzene rings is 2. The number of urea groups is 1. The highest BCUT2D eigenvalue weighted by Crippen LogP contribution is 2.47. The van der Waals surface area contributed by atoms with Crippen molar-refractivity contribution >= 4 is 6.03 Å². The first-order valence-corrected chi connectivity index (χ1v) is 9.36. The Hall–Kier alpha value is -3.08. The summed E-state index contributed by atoms with van der Waals surface area (Å²) in [4.78, 5) is 12.2. The first-order chi connectivity index (χ1) is 13.2. The van der Waals surface area contributed by atoms with Crippen molar-refractivity contribution in [2.75, 3.05) is 6.54 Å². The molecular weight excluding hydrogens is 336 g/mol. The van der Waals surface area contributed by atoms with Crippen LogP contribution >= 0.6 is 0 Å². The molecule has 0 saturated heterocycles. The highest BCUT2D eigenvalue weighted by atomic mass is 16.2. The lowest BCUT2D eigenvalue weighted by molar-refractivity contribution is 0.239. The molecule has 0 bridgehead atoms. The SMILES string of the molecule is O=C(NCc1cccc(Cn2cccn2)c1)NCC1(c2ccccc2)CC1. The van der Waals surface area contributed by atoms with Gasteiger partial charge in [-0.15, -0.1) is 0 Å². The van der Waals surface area contributed by atoms with Gasteiger partial charge in [0, 0.05) is 30.9 Å². The van der Waals surface area contributed by atoms with E-state index in [-0.39, 0.29) is 11.4 Å². The number of carbonyl (C=O) groups is 1. The Morgan fingerprint density at radius 2 is 1.81 bits per heavy atom. The molecule has 5 heteroatoms. The molecule has 0 radical (unpaired) electrons. The van der Waals surface area contributed by atoms with E-state index in [2.05, 4.69) is 52.1 Å². The molecule has 0 aliphatic heterocycles. The lowest BCUT2D eigenvalue weighted by atomic mass is 9.96. The minimum Gasteiger partial charge on any atom is -0.337 e. The summed E-state index contributed by atoms with van der Waals surface area (Å²) >= 11 is 0. The Morgan fingerprint density at radius 1 is 1.00 bits per heavy atom. The van der Waals surface area contributed by atoms with Gasteiger partial charge in [0.05, 0.1) is 6.54 Å². The molecule has 0 unspecified atom stereocenters. The third kappa shape index (κ3) is 4.37. The Kier molecular flexibility index (Phi) is 4.92. The maximum Gasteiger partial charge on any atom is 0.315 e. The zero-order chi connectivity index (χ0) is 18.5. The summed E-state index contributed by atoms with van der Waals surface area (Å²) in [5.41, 5.74) is 3.69. The molecule has 138 valence electrons. The van der Waals surface area contributed by atoms with Gasteiger partial charge in [-0.3, -0.25) is 4.68 Å². The highest BCUT2D eigenvalue weighted by Gasteiger charge is 2.44. The van der Waals surface area contributed by atoms with Crippen LogP contribution in [0.25, 0.3) is 0 Å². The van der Waals surface area contributed by atoms with Crippen LogP contribution in [0.4, 0.5) is 4.79 Å². The fourth-order valence-electron chi connectivity index (χ4n) is 3.42. The van der Waals surface area contributed by atoms with E-state index in [0.717, 1.165) is 24.9 Å². The Labute approximate surface area is 159 Å². The molecule has 1 aliphatic rings. The minimum absolute atomic E-state index is 0.116. The number of hydrogen-bond donors (Lipinski definition) is 2. The molecule has 2 aromatic carbocycles. The molecule has 0 atom stereocenters. The quantitative estimate of drug-likeness (QED) is 0.678. The third-order valence-corrected chi connectivity index (χ3v) is 5.18. The summed E-state index contributed by atoms with van der Waals surface area (Å²) in [7, 11) is 0. The van der Waals surface area contributed by atoms with Crippen LogP contribution in [0.3, 0.4) is 0 Å². The Morgan fingerprint density at radius 3 is 2.56 bits per heavy atom. The molecule has 0 spiro atoms. The predicted molar refractivity (Wildman–Crippen MR) is 105 cm³/mol. The zero-order valence-electron chi connectivity index (χ0n) is 15.3. The van der Waals surface area contributed by atoms with Crippen molar-refractivity contribution in [1.82, 2.24) is 20.4 Å². The Balaban J connectivity index is 1.27. The van der Waals surface area contributed by atoms with Gasteiger partial charge < -0.3 is 10.6 Å². The van der Waals surface area contributed by atoms with E-state index in [0.29, 0.717) is 13.1 Å². The van der Waals surface area contributed by atoms with Gasteiger partial charge in [-0.25, -0.2) is 4.79 Å². The second-order valence-corrected chi connectivity index (χ2v) is 7.21. The van der Waals surface area contributed by atoms with E-state index in [1.54, 1.807) is 6.20 Å². The van der Waals surface area contributed by atoms with Crippen LogP contribution in [0, 0.1) is 0 Å². The van der Waals surface area contributed by atoms with Gasteiger partial charge in [0.25, 0.3) is 0 Å². The van der Waals surface area contributed by atoms with E-state index in [4.69, 9.17) is 0 Å². The lowest BCUT2D eigenvalue weighted by Gasteiger charge is -2.17. The smallest absolute Gasteiger partial charge is 0.315 e. The molecule has 3 aromatic rings. The van der Waals surface area contributed by atoms with E-state index < -0.39 is 0 Å². The molecule has 2 amide bonds. The number of hydrogen-bond acceptors (Lipinski definition) is 2. The number of amides is 2. The van der Waals surface area contributed by atoms with E-state index >= 15 is 0 Å². The summed E-state index contributed by atoms with van der Waals surface area (Å²) in [6, 6.07) is 20.5. The molecular formula is C22H24N4O. The molecule has 1 saturated carbocycles. The standard InChI is InChI=1S/C22H24N4O/c27-21(24-17-22(10-11-22)20-8-2-1-3-9-20)23-15-18-6-4-7-19(14-18)16-26-13-5-12-25-26/h1-9,12-14H,10-11,15-17H2,(H2,23,24,27). The molecule has 1 heterocycles. The molecule has 1 aromatic heterocycles. The van der Waals surface area contributed by atoms with Crippen LogP contribution in [0.5, 0.6) is 0 Å². The van der Waals surface area contributed by atoms with Crippen LogP contribution in [-0.2, 0) is 18.5 Å². The van der Waals surface area contributed by atoms with Gasteiger partial charge in [-0.2, -0.15) is 5.10 Å². The molecule has 1 fully saturated rings. The van der Waals surface area contributed by atoms with Gasteiger partial charge in [0.15, 0.2) is 0 Å². The maximum absolute atomic E-state index is 12.2. The summed E-state index contributed by atoms with van der Waals surface area (Å²) in [5, 5.41) is 10.2. The second-order valence-electron chi connectivity index (χ2n) is 7.21. The average Bonchev–Trinajstić information content (AvgIpc) is 3.34. The monoisotopic (exact) mass is 360 g/mol.